The van der Waals surface area contributed by atoms with Gasteiger partial charge in [-0.25, -0.2) is 0 Å². The average Bonchev–Trinajstić information content (AvgIpc) is 2.95. The Kier molecular flexibility index (Phi) is 5.03. The number of para-hydroxylation sites is 1. The minimum absolute atomic E-state index is 0.0711. The Morgan fingerprint density at radius 3 is 2.76 bits per heavy atom. The molecule has 0 aliphatic carbocycles. The molecule has 0 spiro atoms. The number of aliphatic carboxylic acids is 1. The van der Waals surface area contributed by atoms with Crippen LogP contribution in [0.25, 0.3) is 0 Å². The fourth-order valence-corrected chi connectivity index (χ4v) is 3.03. The number of benzene rings is 2. The molecule has 1 fully saturated rings. The molecule has 1 saturated heterocycles. The molecule has 5 heteroatoms. The first-order chi connectivity index (χ1) is 12.0. The number of amides is 1. The second-order valence-corrected chi connectivity index (χ2v) is 6.40. The molecule has 0 aromatic heterocycles. The van der Waals surface area contributed by atoms with Gasteiger partial charge in [-0.3, -0.25) is 9.59 Å². The standard InChI is InChI=1S/C20H21NO4/c1-14-5-4-6-15(9-14)13-25-18-8-3-2-7-16(18)11-21-12-17(20(23)24)10-19(21)22/h2-9,17H,10-13H2,1H3,(H,23,24). The summed E-state index contributed by atoms with van der Waals surface area (Å²) in [7, 11) is 0. The molecule has 1 unspecified atom stereocenters. The smallest absolute Gasteiger partial charge is 0.308 e. The lowest BCUT2D eigenvalue weighted by molar-refractivity contribution is -0.141. The summed E-state index contributed by atoms with van der Waals surface area (Å²) < 4.78 is 5.94. The first kappa shape index (κ1) is 17.0. The first-order valence-corrected chi connectivity index (χ1v) is 8.30. The third-order valence-corrected chi connectivity index (χ3v) is 4.37. The minimum atomic E-state index is -0.917. The van der Waals surface area contributed by atoms with Crippen LogP contribution in [0.2, 0.25) is 0 Å². The van der Waals surface area contributed by atoms with E-state index in [1.165, 1.54) is 5.56 Å². The van der Waals surface area contributed by atoms with Crippen LogP contribution in [0.5, 0.6) is 5.75 Å². The van der Waals surface area contributed by atoms with Crippen molar-refractivity contribution in [1.29, 1.82) is 0 Å². The SMILES string of the molecule is Cc1cccc(COc2ccccc2CN2CC(C(=O)O)CC2=O)c1. The Bertz CT molecular complexity index is 787. The number of rotatable bonds is 6. The Balaban J connectivity index is 1.69. The number of nitrogens with zero attached hydrogens (tertiary/aromatic N) is 1. The zero-order valence-corrected chi connectivity index (χ0v) is 14.1. The Morgan fingerprint density at radius 1 is 1.24 bits per heavy atom. The number of carboxylic acid groups (broad SMARTS) is 1. The van der Waals surface area contributed by atoms with Crippen LogP contribution >= 0.6 is 0 Å². The molecule has 130 valence electrons. The molecule has 25 heavy (non-hydrogen) atoms. The van der Waals surface area contributed by atoms with Crippen molar-refractivity contribution in [3.63, 3.8) is 0 Å². The van der Waals surface area contributed by atoms with Crippen molar-refractivity contribution in [1.82, 2.24) is 4.90 Å². The summed E-state index contributed by atoms with van der Waals surface area (Å²) in [5, 5.41) is 9.10. The molecular formula is C20H21NO4. The number of carbonyl (C=O) groups is 2. The summed E-state index contributed by atoms with van der Waals surface area (Å²) in [6.45, 7) is 3.10. The van der Waals surface area contributed by atoms with E-state index in [-0.39, 0.29) is 18.9 Å². The van der Waals surface area contributed by atoms with Gasteiger partial charge in [0.15, 0.2) is 0 Å². The van der Waals surface area contributed by atoms with Crippen molar-refractivity contribution in [3.8, 4) is 5.75 Å². The monoisotopic (exact) mass is 339 g/mol. The van der Waals surface area contributed by atoms with Crippen molar-refractivity contribution in [2.24, 2.45) is 5.92 Å². The number of hydrogen-bond acceptors (Lipinski definition) is 3. The van der Waals surface area contributed by atoms with E-state index in [1.54, 1.807) is 4.90 Å². The lowest BCUT2D eigenvalue weighted by atomic mass is 10.1. The van der Waals surface area contributed by atoms with E-state index in [0.29, 0.717) is 13.2 Å². The zero-order valence-electron chi connectivity index (χ0n) is 14.1. The average molecular weight is 339 g/mol. The van der Waals surface area contributed by atoms with E-state index < -0.39 is 11.9 Å². The van der Waals surface area contributed by atoms with Crippen molar-refractivity contribution in [2.45, 2.75) is 26.5 Å². The Hall–Kier alpha value is -2.82. The highest BCUT2D eigenvalue weighted by Crippen LogP contribution is 2.25. The van der Waals surface area contributed by atoms with E-state index in [0.717, 1.165) is 16.9 Å². The topological polar surface area (TPSA) is 66.8 Å². The number of hydrogen-bond donors (Lipinski definition) is 1. The van der Waals surface area contributed by atoms with Crippen molar-refractivity contribution >= 4 is 11.9 Å². The Labute approximate surface area is 146 Å². The van der Waals surface area contributed by atoms with Crippen molar-refractivity contribution in [2.75, 3.05) is 6.54 Å². The highest BCUT2D eigenvalue weighted by Gasteiger charge is 2.34. The molecule has 1 aliphatic heterocycles. The van der Waals surface area contributed by atoms with Gasteiger partial charge in [0, 0.05) is 25.1 Å². The molecule has 3 rings (SSSR count). The van der Waals surface area contributed by atoms with Crippen molar-refractivity contribution in [3.05, 3.63) is 65.2 Å². The van der Waals surface area contributed by atoms with Crippen LogP contribution in [0.4, 0.5) is 0 Å². The third kappa shape index (κ3) is 4.18. The molecule has 1 N–H and O–H groups in total. The van der Waals surface area contributed by atoms with E-state index in [2.05, 4.69) is 6.07 Å². The van der Waals surface area contributed by atoms with Crippen LogP contribution in [0, 0.1) is 12.8 Å². The fraction of sp³-hybridized carbons (Fsp3) is 0.300. The van der Waals surface area contributed by atoms with E-state index in [9.17, 15) is 9.59 Å². The predicted octanol–water partition coefficient (Wildman–Crippen LogP) is 3.01. The maximum Gasteiger partial charge on any atom is 0.308 e. The van der Waals surface area contributed by atoms with Gasteiger partial charge in [0.25, 0.3) is 0 Å². The van der Waals surface area contributed by atoms with Gasteiger partial charge in [-0.1, -0.05) is 48.0 Å². The van der Waals surface area contributed by atoms with Crippen LogP contribution in [0.15, 0.2) is 48.5 Å². The second kappa shape index (κ2) is 7.38. The molecule has 0 radical (unpaired) electrons. The molecule has 0 bridgehead atoms. The van der Waals surface area contributed by atoms with Gasteiger partial charge >= 0.3 is 5.97 Å². The number of carboxylic acids is 1. The second-order valence-electron chi connectivity index (χ2n) is 6.40. The first-order valence-electron chi connectivity index (χ1n) is 8.30. The number of carbonyl (C=O) groups excluding carboxylic acids is 1. The van der Waals surface area contributed by atoms with Crippen molar-refractivity contribution < 1.29 is 19.4 Å². The van der Waals surface area contributed by atoms with Crippen LogP contribution in [-0.2, 0) is 22.7 Å². The summed E-state index contributed by atoms with van der Waals surface area (Å²) in [4.78, 5) is 24.7. The fourth-order valence-electron chi connectivity index (χ4n) is 3.03. The van der Waals surface area contributed by atoms with E-state index in [1.807, 2.05) is 49.4 Å². The maximum absolute atomic E-state index is 12.0. The van der Waals surface area contributed by atoms with Gasteiger partial charge < -0.3 is 14.7 Å². The minimum Gasteiger partial charge on any atom is -0.489 e. The molecule has 5 nitrogen and oxygen atoms in total. The van der Waals surface area contributed by atoms with E-state index in [4.69, 9.17) is 9.84 Å². The number of likely N-dealkylation sites (tertiary alicyclic amines) is 1. The lowest BCUT2D eigenvalue weighted by Crippen LogP contribution is -2.26. The molecule has 1 heterocycles. The molecule has 1 aliphatic rings. The zero-order chi connectivity index (χ0) is 17.8. The van der Waals surface area contributed by atoms with E-state index >= 15 is 0 Å². The molecule has 2 aromatic carbocycles. The van der Waals surface area contributed by atoms with Crippen LogP contribution in [0.3, 0.4) is 0 Å². The van der Waals surface area contributed by atoms with Crippen LogP contribution < -0.4 is 4.74 Å². The molecule has 2 aromatic rings. The third-order valence-electron chi connectivity index (χ3n) is 4.37. The highest BCUT2D eigenvalue weighted by atomic mass is 16.5. The number of aryl methyl sites for hydroxylation is 1. The molecule has 0 saturated carbocycles. The van der Waals surface area contributed by atoms with Crippen LogP contribution in [0.1, 0.15) is 23.1 Å². The van der Waals surface area contributed by atoms with Gasteiger partial charge in [-0.05, 0) is 18.6 Å². The Morgan fingerprint density at radius 2 is 2.04 bits per heavy atom. The summed E-state index contributed by atoms with van der Waals surface area (Å²) in [5.74, 6) is -0.941. The quantitative estimate of drug-likeness (QED) is 0.878. The molecular weight excluding hydrogens is 318 g/mol. The van der Waals surface area contributed by atoms with Crippen LogP contribution in [-0.4, -0.2) is 28.4 Å². The maximum atomic E-state index is 12.0. The van der Waals surface area contributed by atoms with Gasteiger partial charge in [0.05, 0.1) is 5.92 Å². The van der Waals surface area contributed by atoms with Gasteiger partial charge in [0.2, 0.25) is 5.91 Å². The largest absolute Gasteiger partial charge is 0.489 e. The lowest BCUT2D eigenvalue weighted by Gasteiger charge is -2.18. The summed E-state index contributed by atoms with van der Waals surface area (Å²) in [6.07, 6.45) is 0.0711. The predicted molar refractivity (Wildman–Crippen MR) is 93.1 cm³/mol. The summed E-state index contributed by atoms with van der Waals surface area (Å²) >= 11 is 0. The highest BCUT2D eigenvalue weighted by molar-refractivity contribution is 5.86. The van der Waals surface area contributed by atoms with Gasteiger partial charge in [-0.2, -0.15) is 0 Å². The summed E-state index contributed by atoms with van der Waals surface area (Å²) in [5.41, 5.74) is 3.14. The number of ether oxygens (including phenoxy) is 1. The molecule has 1 amide bonds. The van der Waals surface area contributed by atoms with Gasteiger partial charge in [0.1, 0.15) is 12.4 Å². The summed E-state index contributed by atoms with van der Waals surface area (Å²) in [6, 6.07) is 15.7. The normalized spacial score (nSPS) is 16.9. The van der Waals surface area contributed by atoms with Gasteiger partial charge in [-0.15, -0.1) is 0 Å². The molecule has 1 atom stereocenters.